The Morgan fingerprint density at radius 1 is 0.625 bits per heavy atom. The van der Waals surface area contributed by atoms with Gasteiger partial charge in [-0.2, -0.15) is 0 Å². The SMILES string of the molecule is c1cc(-c2ccc(OCOCC3CO3)cc2)ccc1CCC1CCC(C2CCC(OCOCC3CO3)CC2)CC1. The van der Waals surface area contributed by atoms with Crippen molar-refractivity contribution in [2.45, 2.75) is 82.5 Å². The lowest BCUT2D eigenvalue weighted by Gasteiger charge is -2.37. The number of hydrogen-bond donors (Lipinski definition) is 0. The number of rotatable bonds is 15. The van der Waals surface area contributed by atoms with E-state index in [0.29, 0.717) is 32.2 Å². The predicted octanol–water partition coefficient (Wildman–Crippen LogP) is 6.79. The van der Waals surface area contributed by atoms with E-state index < -0.39 is 0 Å². The summed E-state index contributed by atoms with van der Waals surface area (Å²) in [5.41, 5.74) is 3.91. The van der Waals surface area contributed by atoms with Crippen molar-refractivity contribution in [3.05, 3.63) is 54.1 Å². The molecule has 0 bridgehead atoms. The summed E-state index contributed by atoms with van der Waals surface area (Å²) in [4.78, 5) is 0. The number of benzene rings is 2. The molecule has 0 radical (unpaired) electrons. The Hall–Kier alpha value is -1.96. The van der Waals surface area contributed by atoms with E-state index in [1.54, 1.807) is 0 Å². The van der Waals surface area contributed by atoms with Crippen LogP contribution in [0.5, 0.6) is 5.75 Å². The fraction of sp³-hybridized carbons (Fsp3) is 0.647. The summed E-state index contributed by atoms with van der Waals surface area (Å²) in [6.07, 6.45) is 14.2. The third-order valence-corrected chi connectivity index (χ3v) is 9.37. The molecule has 0 amide bonds. The molecular formula is C34H46O6. The summed E-state index contributed by atoms with van der Waals surface area (Å²) in [5, 5.41) is 0. The van der Waals surface area contributed by atoms with Gasteiger partial charge in [-0.1, -0.05) is 49.2 Å². The molecule has 4 aliphatic rings. The molecule has 6 heteroatoms. The van der Waals surface area contributed by atoms with Crippen molar-refractivity contribution in [2.75, 3.05) is 40.0 Å². The van der Waals surface area contributed by atoms with E-state index in [4.69, 9.17) is 28.4 Å². The lowest BCUT2D eigenvalue weighted by molar-refractivity contribution is -0.106. The van der Waals surface area contributed by atoms with E-state index in [9.17, 15) is 0 Å². The smallest absolute Gasteiger partial charge is 0.189 e. The van der Waals surface area contributed by atoms with Crippen LogP contribution in [0.1, 0.15) is 63.4 Å². The zero-order valence-electron chi connectivity index (χ0n) is 23.8. The number of hydrogen-bond acceptors (Lipinski definition) is 6. The van der Waals surface area contributed by atoms with Crippen LogP contribution in [0.2, 0.25) is 0 Å². The second kappa shape index (κ2) is 14.3. The highest BCUT2D eigenvalue weighted by atomic mass is 16.7. The van der Waals surface area contributed by atoms with E-state index in [1.807, 2.05) is 12.1 Å². The van der Waals surface area contributed by atoms with Gasteiger partial charge in [0.25, 0.3) is 0 Å². The van der Waals surface area contributed by atoms with Gasteiger partial charge < -0.3 is 28.4 Å². The standard InChI is InChI=1S/C34H46O6/c1(25-3-7-27(8-4-25)29-11-15-31(16-12-29)39-23-35-19-33-21-37-33)2-26-5-9-28(10-6-26)30-13-17-32(18-14-30)40-24-36-20-34-22-38-34/h3-4,7-8,11-12,15-16,26,28,30,32-34H,1-2,5-6,9-10,13-14,17-24H2. The van der Waals surface area contributed by atoms with Crippen LogP contribution in [-0.4, -0.2) is 58.3 Å². The van der Waals surface area contributed by atoms with Crippen molar-refractivity contribution < 1.29 is 28.4 Å². The number of ether oxygens (including phenoxy) is 6. The first-order valence-electron chi connectivity index (χ1n) is 15.6. The summed E-state index contributed by atoms with van der Waals surface area (Å²) in [7, 11) is 0. The first-order chi connectivity index (χ1) is 19.8. The lowest BCUT2D eigenvalue weighted by atomic mass is 9.70. The molecule has 4 fully saturated rings. The molecule has 2 aromatic rings. The third-order valence-electron chi connectivity index (χ3n) is 9.37. The molecule has 40 heavy (non-hydrogen) atoms. The topological polar surface area (TPSA) is 62.0 Å². The van der Waals surface area contributed by atoms with Gasteiger partial charge >= 0.3 is 0 Å². The number of aryl methyl sites for hydroxylation is 1. The maximum Gasteiger partial charge on any atom is 0.189 e. The van der Waals surface area contributed by atoms with Crippen LogP contribution >= 0.6 is 0 Å². The molecule has 2 unspecified atom stereocenters. The van der Waals surface area contributed by atoms with Crippen molar-refractivity contribution in [3.8, 4) is 16.9 Å². The van der Waals surface area contributed by atoms with E-state index in [0.717, 1.165) is 36.7 Å². The fourth-order valence-electron chi connectivity index (χ4n) is 6.59. The summed E-state index contributed by atoms with van der Waals surface area (Å²) < 4.78 is 33.0. The minimum Gasteiger partial charge on any atom is -0.468 e. The molecule has 2 saturated carbocycles. The van der Waals surface area contributed by atoms with Gasteiger partial charge in [0.15, 0.2) is 6.79 Å². The van der Waals surface area contributed by atoms with Crippen LogP contribution in [0, 0.1) is 17.8 Å². The van der Waals surface area contributed by atoms with Crippen molar-refractivity contribution in [2.24, 2.45) is 17.8 Å². The maximum atomic E-state index is 5.96. The molecule has 2 atom stereocenters. The normalized spacial score (nSPS) is 29.7. The van der Waals surface area contributed by atoms with Crippen molar-refractivity contribution in [1.82, 2.24) is 0 Å². The molecule has 2 aromatic carbocycles. The molecule has 0 N–H and O–H groups in total. The summed E-state index contributed by atoms with van der Waals surface area (Å²) in [5.74, 6) is 3.55. The minimum absolute atomic E-state index is 0.263. The van der Waals surface area contributed by atoms with Crippen molar-refractivity contribution >= 4 is 0 Å². The second-order valence-corrected chi connectivity index (χ2v) is 12.3. The Bertz CT molecular complexity index is 1000. The highest BCUT2D eigenvalue weighted by Crippen LogP contribution is 2.41. The van der Waals surface area contributed by atoms with Crippen molar-refractivity contribution in [1.29, 1.82) is 0 Å². The summed E-state index contributed by atoms with van der Waals surface area (Å²) in [6, 6.07) is 17.4. The predicted molar refractivity (Wildman–Crippen MR) is 154 cm³/mol. The van der Waals surface area contributed by atoms with Gasteiger partial charge in [0.2, 0.25) is 0 Å². The van der Waals surface area contributed by atoms with E-state index in [-0.39, 0.29) is 12.9 Å². The first kappa shape index (κ1) is 28.2. The van der Waals surface area contributed by atoms with Gasteiger partial charge in [-0.3, -0.25) is 0 Å². The molecule has 2 heterocycles. The second-order valence-electron chi connectivity index (χ2n) is 12.3. The highest BCUT2D eigenvalue weighted by Gasteiger charge is 2.31. The first-order valence-corrected chi connectivity index (χ1v) is 15.6. The van der Waals surface area contributed by atoms with Crippen LogP contribution in [0.15, 0.2) is 48.5 Å². The largest absolute Gasteiger partial charge is 0.468 e. The van der Waals surface area contributed by atoms with Crippen LogP contribution < -0.4 is 4.74 Å². The van der Waals surface area contributed by atoms with E-state index >= 15 is 0 Å². The molecule has 2 aliphatic carbocycles. The molecule has 2 aliphatic heterocycles. The monoisotopic (exact) mass is 550 g/mol. The van der Waals surface area contributed by atoms with Crippen LogP contribution in [0.25, 0.3) is 11.1 Å². The quantitative estimate of drug-likeness (QED) is 0.138. The Morgan fingerprint density at radius 2 is 1.18 bits per heavy atom. The minimum atomic E-state index is 0.263. The zero-order chi connectivity index (χ0) is 27.0. The lowest BCUT2D eigenvalue weighted by Crippen LogP contribution is -2.29. The molecule has 6 rings (SSSR count). The highest BCUT2D eigenvalue weighted by molar-refractivity contribution is 5.64. The average Bonchev–Trinajstić information content (AvgIpc) is 3.94. The van der Waals surface area contributed by atoms with Crippen LogP contribution in [-0.2, 0) is 30.1 Å². The van der Waals surface area contributed by atoms with E-state index in [2.05, 4.69) is 36.4 Å². The summed E-state index contributed by atoms with van der Waals surface area (Å²) >= 11 is 0. The summed E-state index contributed by atoms with van der Waals surface area (Å²) in [6.45, 7) is 3.64. The van der Waals surface area contributed by atoms with Crippen molar-refractivity contribution in [3.63, 3.8) is 0 Å². The maximum absolute atomic E-state index is 5.96. The molecule has 0 spiro atoms. The Kier molecular flexibility index (Phi) is 10.1. The zero-order valence-corrected chi connectivity index (χ0v) is 23.8. The molecule has 2 saturated heterocycles. The Labute approximate surface area is 239 Å². The van der Waals surface area contributed by atoms with Gasteiger partial charge in [-0.05, 0) is 97.9 Å². The third kappa shape index (κ3) is 8.77. The van der Waals surface area contributed by atoms with Crippen LogP contribution in [0.4, 0.5) is 0 Å². The average molecular weight is 551 g/mol. The van der Waals surface area contributed by atoms with Gasteiger partial charge in [-0.25, -0.2) is 0 Å². The van der Waals surface area contributed by atoms with Gasteiger partial charge in [0, 0.05) is 0 Å². The van der Waals surface area contributed by atoms with Gasteiger partial charge in [-0.15, -0.1) is 0 Å². The van der Waals surface area contributed by atoms with Gasteiger partial charge in [0.05, 0.1) is 32.5 Å². The number of epoxide rings is 2. The Morgan fingerprint density at radius 3 is 1.77 bits per heavy atom. The van der Waals surface area contributed by atoms with Crippen LogP contribution in [0.3, 0.4) is 0 Å². The molecular weight excluding hydrogens is 504 g/mol. The molecule has 0 aromatic heterocycles. The molecule has 6 nitrogen and oxygen atoms in total. The van der Waals surface area contributed by atoms with Gasteiger partial charge in [0.1, 0.15) is 24.8 Å². The fourth-order valence-corrected chi connectivity index (χ4v) is 6.59. The molecule has 218 valence electrons. The Balaban J connectivity index is 0.852. The van der Waals surface area contributed by atoms with E-state index in [1.165, 1.54) is 80.9 Å².